The molecular weight excluding hydrogens is 172 g/mol. The minimum absolute atomic E-state index is 0.125. The molecule has 2 N–H and O–H groups in total. The Morgan fingerprint density at radius 3 is 2.77 bits per heavy atom. The molecule has 1 fully saturated rings. The fourth-order valence-corrected chi connectivity index (χ4v) is 1.44. The van der Waals surface area contributed by atoms with E-state index in [0.717, 1.165) is 19.4 Å². The molecule has 1 unspecified atom stereocenters. The highest BCUT2D eigenvalue weighted by atomic mass is 16.4. The Hall–Kier alpha value is -1.10. The normalized spacial score (nSPS) is 21.5. The summed E-state index contributed by atoms with van der Waals surface area (Å²) in [5, 5.41) is 11.5. The Bertz CT molecular complexity index is 211. The second kappa shape index (κ2) is 4.23. The van der Waals surface area contributed by atoms with Gasteiger partial charge in [0.25, 0.3) is 0 Å². The zero-order valence-corrected chi connectivity index (χ0v) is 7.62. The Morgan fingerprint density at radius 2 is 2.31 bits per heavy atom. The van der Waals surface area contributed by atoms with Gasteiger partial charge in [0, 0.05) is 7.05 Å². The lowest BCUT2D eigenvalue weighted by Crippen LogP contribution is -2.43. The van der Waals surface area contributed by atoms with Crippen molar-refractivity contribution >= 4 is 11.9 Å². The summed E-state index contributed by atoms with van der Waals surface area (Å²) < 4.78 is 0. The number of carbonyl (C=O) groups excluding carboxylic acids is 1. The van der Waals surface area contributed by atoms with E-state index in [1.54, 1.807) is 0 Å². The van der Waals surface area contributed by atoms with E-state index >= 15 is 0 Å². The van der Waals surface area contributed by atoms with E-state index in [0.29, 0.717) is 0 Å². The van der Waals surface area contributed by atoms with Crippen LogP contribution in [0.2, 0.25) is 0 Å². The van der Waals surface area contributed by atoms with Crippen molar-refractivity contribution < 1.29 is 14.7 Å². The Morgan fingerprint density at radius 1 is 1.62 bits per heavy atom. The Balaban J connectivity index is 2.41. The predicted molar refractivity (Wildman–Crippen MR) is 46.3 cm³/mol. The van der Waals surface area contributed by atoms with Crippen LogP contribution >= 0.6 is 0 Å². The molecule has 1 aliphatic rings. The predicted octanol–water partition coefficient (Wildman–Crippen LogP) is -0.719. The summed E-state index contributed by atoms with van der Waals surface area (Å²) in [5.41, 5.74) is 0. The zero-order chi connectivity index (χ0) is 9.84. The second-order valence-corrected chi connectivity index (χ2v) is 3.24. The summed E-state index contributed by atoms with van der Waals surface area (Å²) in [6.07, 6.45) is 1.79. The van der Waals surface area contributed by atoms with Gasteiger partial charge in [-0.3, -0.25) is 9.59 Å². The fourth-order valence-electron chi connectivity index (χ4n) is 1.44. The summed E-state index contributed by atoms with van der Waals surface area (Å²) >= 11 is 0. The van der Waals surface area contributed by atoms with Crippen molar-refractivity contribution in [2.75, 3.05) is 20.1 Å². The molecule has 0 bridgehead atoms. The fraction of sp³-hybridized carbons (Fsp3) is 0.750. The summed E-state index contributed by atoms with van der Waals surface area (Å²) in [7, 11) is 1.51. The highest BCUT2D eigenvalue weighted by molar-refractivity contribution is 5.85. The van der Waals surface area contributed by atoms with Crippen LogP contribution in [0.3, 0.4) is 0 Å². The van der Waals surface area contributed by atoms with Crippen molar-refractivity contribution in [2.24, 2.45) is 0 Å². The quantitative estimate of drug-likeness (QED) is 0.610. The molecule has 0 aromatic heterocycles. The number of rotatable bonds is 3. The van der Waals surface area contributed by atoms with Crippen LogP contribution in [-0.2, 0) is 9.59 Å². The van der Waals surface area contributed by atoms with Gasteiger partial charge in [-0.25, -0.2) is 0 Å². The summed E-state index contributed by atoms with van der Waals surface area (Å²) in [6.45, 7) is 0.619. The molecule has 5 nitrogen and oxygen atoms in total. The molecule has 0 aromatic rings. The van der Waals surface area contributed by atoms with Crippen LogP contribution in [0.25, 0.3) is 0 Å². The number of amides is 1. The third kappa shape index (κ3) is 2.69. The minimum Gasteiger partial charge on any atom is -0.480 e. The summed E-state index contributed by atoms with van der Waals surface area (Å²) in [6, 6.07) is -0.177. The number of carboxylic acid groups (broad SMARTS) is 1. The van der Waals surface area contributed by atoms with Crippen LogP contribution in [0.4, 0.5) is 0 Å². The molecule has 1 aliphatic heterocycles. The molecule has 5 heteroatoms. The first-order valence-corrected chi connectivity index (χ1v) is 4.31. The molecule has 0 aliphatic carbocycles. The summed E-state index contributed by atoms with van der Waals surface area (Å²) in [5.74, 6) is -1.10. The van der Waals surface area contributed by atoms with Crippen molar-refractivity contribution in [3.8, 4) is 0 Å². The van der Waals surface area contributed by atoms with Crippen molar-refractivity contribution in [3.05, 3.63) is 0 Å². The van der Waals surface area contributed by atoms with Gasteiger partial charge in [-0.05, 0) is 19.4 Å². The van der Waals surface area contributed by atoms with E-state index < -0.39 is 5.97 Å². The van der Waals surface area contributed by atoms with Crippen molar-refractivity contribution in [3.63, 3.8) is 0 Å². The number of carbonyl (C=O) groups is 2. The van der Waals surface area contributed by atoms with Gasteiger partial charge >= 0.3 is 5.97 Å². The number of hydrogen-bond donors (Lipinski definition) is 2. The third-order valence-corrected chi connectivity index (χ3v) is 2.11. The SMILES string of the molecule is CN(CC(=O)O)C(=O)C1CCCN1. The molecular formula is C8H14N2O3. The number of nitrogens with one attached hydrogen (secondary N) is 1. The van der Waals surface area contributed by atoms with Crippen LogP contribution in [-0.4, -0.2) is 48.1 Å². The molecule has 1 heterocycles. The van der Waals surface area contributed by atoms with Gasteiger partial charge in [-0.15, -0.1) is 0 Å². The molecule has 0 spiro atoms. The van der Waals surface area contributed by atoms with Gasteiger partial charge in [-0.1, -0.05) is 0 Å². The van der Waals surface area contributed by atoms with Gasteiger partial charge in [0.15, 0.2) is 0 Å². The second-order valence-electron chi connectivity index (χ2n) is 3.24. The number of hydrogen-bond acceptors (Lipinski definition) is 3. The van der Waals surface area contributed by atoms with Gasteiger partial charge in [0.1, 0.15) is 6.54 Å². The average Bonchev–Trinajstić information content (AvgIpc) is 2.53. The number of likely N-dealkylation sites (N-methyl/N-ethyl adjacent to an activating group) is 1. The molecule has 0 aromatic carbocycles. The van der Waals surface area contributed by atoms with Crippen molar-refractivity contribution in [1.82, 2.24) is 10.2 Å². The maximum atomic E-state index is 11.5. The lowest BCUT2D eigenvalue weighted by atomic mass is 10.2. The van der Waals surface area contributed by atoms with E-state index in [1.165, 1.54) is 11.9 Å². The summed E-state index contributed by atoms with van der Waals surface area (Å²) in [4.78, 5) is 23.0. The topological polar surface area (TPSA) is 69.6 Å². The standard InChI is InChI=1S/C8H14N2O3/c1-10(5-7(11)12)8(13)6-3-2-4-9-6/h6,9H,2-5H2,1H3,(H,11,12). The largest absolute Gasteiger partial charge is 0.480 e. The van der Waals surface area contributed by atoms with E-state index in [9.17, 15) is 9.59 Å². The molecule has 13 heavy (non-hydrogen) atoms. The van der Waals surface area contributed by atoms with Gasteiger partial charge in [0.05, 0.1) is 6.04 Å². The minimum atomic E-state index is -0.978. The molecule has 1 saturated heterocycles. The number of aliphatic carboxylic acids is 1. The Kier molecular flexibility index (Phi) is 3.25. The Labute approximate surface area is 76.7 Å². The van der Waals surface area contributed by atoms with E-state index in [1.807, 2.05) is 0 Å². The lowest BCUT2D eigenvalue weighted by molar-refractivity contribution is -0.144. The highest BCUT2D eigenvalue weighted by Crippen LogP contribution is 2.07. The van der Waals surface area contributed by atoms with Gasteiger partial charge < -0.3 is 15.3 Å². The number of nitrogens with zero attached hydrogens (tertiary/aromatic N) is 1. The van der Waals surface area contributed by atoms with Gasteiger partial charge in [0.2, 0.25) is 5.91 Å². The molecule has 0 radical (unpaired) electrons. The number of carboxylic acids is 1. The molecule has 1 rings (SSSR count). The molecule has 74 valence electrons. The van der Waals surface area contributed by atoms with E-state index in [4.69, 9.17) is 5.11 Å². The van der Waals surface area contributed by atoms with Crippen LogP contribution in [0.15, 0.2) is 0 Å². The first kappa shape index (κ1) is 9.98. The van der Waals surface area contributed by atoms with Crippen LogP contribution in [0, 0.1) is 0 Å². The molecule has 1 amide bonds. The monoisotopic (exact) mass is 186 g/mol. The van der Waals surface area contributed by atoms with Crippen LogP contribution in [0.5, 0.6) is 0 Å². The maximum Gasteiger partial charge on any atom is 0.323 e. The molecule has 1 atom stereocenters. The van der Waals surface area contributed by atoms with Crippen LogP contribution < -0.4 is 5.32 Å². The smallest absolute Gasteiger partial charge is 0.323 e. The maximum absolute atomic E-state index is 11.5. The van der Waals surface area contributed by atoms with Crippen LogP contribution in [0.1, 0.15) is 12.8 Å². The third-order valence-electron chi connectivity index (χ3n) is 2.11. The average molecular weight is 186 g/mol. The highest BCUT2D eigenvalue weighted by Gasteiger charge is 2.25. The van der Waals surface area contributed by atoms with E-state index in [2.05, 4.69) is 5.32 Å². The lowest BCUT2D eigenvalue weighted by Gasteiger charge is -2.18. The van der Waals surface area contributed by atoms with Crippen molar-refractivity contribution in [1.29, 1.82) is 0 Å². The van der Waals surface area contributed by atoms with E-state index in [-0.39, 0.29) is 18.5 Å². The first-order chi connectivity index (χ1) is 6.11. The van der Waals surface area contributed by atoms with Gasteiger partial charge in [-0.2, -0.15) is 0 Å². The first-order valence-electron chi connectivity index (χ1n) is 4.31. The van der Waals surface area contributed by atoms with Crippen molar-refractivity contribution in [2.45, 2.75) is 18.9 Å². The molecule has 0 saturated carbocycles. The zero-order valence-electron chi connectivity index (χ0n) is 7.62.